The largest absolute Gasteiger partial charge is 0.481 e. The molecule has 1 aromatic carbocycles. The first kappa shape index (κ1) is 48.0. The Kier molecular flexibility index (Phi) is 16.4. The lowest BCUT2D eigenvalue weighted by Gasteiger charge is -2.30. The minimum atomic E-state index is -5.58. The molecule has 322 valence electrons. The van der Waals surface area contributed by atoms with E-state index in [-0.39, 0.29) is 57.9 Å². The summed E-state index contributed by atoms with van der Waals surface area (Å²) < 4.78 is 62.1. The van der Waals surface area contributed by atoms with Crippen molar-refractivity contribution in [1.29, 1.82) is 0 Å². The van der Waals surface area contributed by atoms with E-state index in [4.69, 9.17) is 42.7 Å². The van der Waals surface area contributed by atoms with Gasteiger partial charge in [0, 0.05) is 41.3 Å². The summed E-state index contributed by atoms with van der Waals surface area (Å²) in [5.41, 5.74) is 4.48. The lowest BCUT2D eigenvalue weighted by Crippen LogP contribution is -2.46. The Labute approximate surface area is 342 Å². The second kappa shape index (κ2) is 19.8. The Morgan fingerprint density at radius 3 is 2.41 bits per heavy atom. The van der Waals surface area contributed by atoms with Crippen molar-refractivity contribution in [3.05, 3.63) is 46.5 Å². The van der Waals surface area contributed by atoms with Gasteiger partial charge in [0.1, 0.15) is 36.3 Å². The maximum absolute atomic E-state index is 12.7. The molecular weight excluding hydrogens is 902 g/mol. The van der Waals surface area contributed by atoms with Crippen molar-refractivity contribution >= 4 is 92.3 Å². The van der Waals surface area contributed by atoms with Crippen LogP contribution in [-0.2, 0) is 45.9 Å². The molecule has 0 saturated carbocycles. The number of imidazole rings is 1. The SMILES string of the molecule is CC(C)(COP(=O)(O)OP(=O)(O)OC[C@H]1O[C@@H](n2cnc3c(N)ncnc32)[C@H](O)[C@@H]1OP(=O)(O)O)[C@@H](O)C(=O)NCCC(=O)NCCSC(=O)c1ccc(Cl)cc1Cl. The quantitative estimate of drug-likeness (QED) is 0.0569. The number of ether oxygens (including phenoxy) is 1. The number of benzene rings is 1. The summed E-state index contributed by atoms with van der Waals surface area (Å²) in [6.07, 6.45) is -7.03. The number of phosphoric ester groups is 3. The van der Waals surface area contributed by atoms with Crippen molar-refractivity contribution in [2.75, 3.05) is 37.8 Å². The third-order valence-electron chi connectivity index (χ3n) is 7.89. The lowest BCUT2D eigenvalue weighted by molar-refractivity contribution is -0.137. The summed E-state index contributed by atoms with van der Waals surface area (Å²) in [6, 6.07) is 4.42. The molecule has 4 rings (SSSR count). The van der Waals surface area contributed by atoms with Gasteiger partial charge in [0.25, 0.3) is 0 Å². The van der Waals surface area contributed by atoms with Gasteiger partial charge < -0.3 is 50.9 Å². The van der Waals surface area contributed by atoms with E-state index < -0.39 is 84.6 Å². The molecule has 1 fully saturated rings. The number of rotatable bonds is 20. The lowest BCUT2D eigenvalue weighted by atomic mass is 9.87. The van der Waals surface area contributed by atoms with Gasteiger partial charge in [-0.2, -0.15) is 4.31 Å². The maximum Gasteiger partial charge on any atom is 0.481 e. The fourth-order valence-corrected chi connectivity index (χ4v) is 9.11. The number of halogens is 2. The number of aliphatic hydroxyl groups is 2. The van der Waals surface area contributed by atoms with Crippen molar-refractivity contribution in [3.8, 4) is 0 Å². The van der Waals surface area contributed by atoms with Gasteiger partial charge in [0.05, 0.1) is 24.6 Å². The Bertz CT molecular complexity index is 2130. The van der Waals surface area contributed by atoms with E-state index >= 15 is 0 Å². The molecule has 1 aliphatic heterocycles. The normalized spacial score (nSPS) is 21.3. The predicted octanol–water partition coefficient (Wildman–Crippen LogP) is 1.29. The molecule has 0 spiro atoms. The molecule has 24 nitrogen and oxygen atoms in total. The summed E-state index contributed by atoms with van der Waals surface area (Å²) in [4.78, 5) is 88.0. The van der Waals surface area contributed by atoms with Gasteiger partial charge in [-0.3, -0.25) is 32.5 Å². The highest BCUT2D eigenvalue weighted by atomic mass is 35.5. The smallest absolute Gasteiger partial charge is 0.386 e. The number of carbonyl (C=O) groups excluding carboxylic acids is 3. The van der Waals surface area contributed by atoms with Crippen LogP contribution < -0.4 is 16.4 Å². The van der Waals surface area contributed by atoms with Crippen molar-refractivity contribution in [2.45, 2.75) is 50.9 Å². The number of aliphatic hydroxyl groups excluding tert-OH is 2. The van der Waals surface area contributed by atoms with Crippen LogP contribution in [0.25, 0.3) is 11.2 Å². The number of nitrogens with one attached hydrogen (secondary N) is 2. The van der Waals surface area contributed by atoms with Crippen molar-refractivity contribution in [3.63, 3.8) is 0 Å². The van der Waals surface area contributed by atoms with Crippen LogP contribution in [-0.4, -0.2) is 123 Å². The average Bonchev–Trinajstić information content (AvgIpc) is 3.68. The maximum atomic E-state index is 12.7. The van der Waals surface area contributed by atoms with Gasteiger partial charge in [-0.25, -0.2) is 28.6 Å². The number of nitrogen functional groups attached to an aromatic ring is 1. The number of fused-ring (bicyclic) bond motifs is 1. The zero-order valence-electron chi connectivity index (χ0n) is 30.1. The van der Waals surface area contributed by atoms with Crippen LogP contribution in [0.15, 0.2) is 30.9 Å². The summed E-state index contributed by atoms with van der Waals surface area (Å²) >= 11 is 12.8. The molecule has 3 aromatic rings. The number of hydrogen-bond acceptors (Lipinski definition) is 18. The van der Waals surface area contributed by atoms with Crippen LogP contribution >= 0.6 is 58.4 Å². The van der Waals surface area contributed by atoms with Crippen molar-refractivity contribution in [2.24, 2.45) is 5.41 Å². The van der Waals surface area contributed by atoms with E-state index in [9.17, 15) is 57.9 Å². The Morgan fingerprint density at radius 1 is 1.05 bits per heavy atom. The van der Waals surface area contributed by atoms with Gasteiger partial charge in [-0.1, -0.05) is 48.8 Å². The average molecular weight is 941 g/mol. The molecule has 0 radical (unpaired) electrons. The Morgan fingerprint density at radius 2 is 1.74 bits per heavy atom. The fourth-order valence-electron chi connectivity index (χ4n) is 5.01. The molecule has 10 N–H and O–H groups in total. The number of phosphoric acid groups is 3. The van der Waals surface area contributed by atoms with E-state index in [1.165, 1.54) is 32.0 Å². The number of hydrogen-bond donors (Lipinski definition) is 9. The number of thioether (sulfide) groups is 1. The van der Waals surface area contributed by atoms with Gasteiger partial charge in [0.15, 0.2) is 17.7 Å². The molecule has 0 aliphatic carbocycles. The van der Waals surface area contributed by atoms with E-state index in [1.807, 2.05) is 0 Å². The monoisotopic (exact) mass is 939 g/mol. The number of nitrogens with zero attached hydrogens (tertiary/aromatic N) is 4. The first-order chi connectivity index (χ1) is 26.9. The highest BCUT2D eigenvalue weighted by Gasteiger charge is 2.50. The van der Waals surface area contributed by atoms with Crippen LogP contribution in [0.5, 0.6) is 0 Å². The summed E-state index contributed by atoms with van der Waals surface area (Å²) in [5, 5.41) is 26.6. The zero-order valence-corrected chi connectivity index (χ0v) is 35.1. The van der Waals surface area contributed by atoms with Gasteiger partial charge in [0.2, 0.25) is 16.9 Å². The van der Waals surface area contributed by atoms with Crippen LogP contribution in [0.2, 0.25) is 10.0 Å². The Balaban J connectivity index is 1.22. The van der Waals surface area contributed by atoms with Crippen molar-refractivity contribution < 1.29 is 80.5 Å². The fraction of sp³-hybridized carbons (Fsp3) is 0.500. The molecule has 1 aliphatic rings. The molecule has 58 heavy (non-hydrogen) atoms. The van der Waals surface area contributed by atoms with Crippen LogP contribution in [0, 0.1) is 5.41 Å². The number of carbonyl (C=O) groups is 3. The number of anilines is 1. The van der Waals surface area contributed by atoms with Crippen LogP contribution in [0.3, 0.4) is 0 Å². The Hall–Kier alpha value is -2.64. The van der Waals surface area contributed by atoms with Gasteiger partial charge >= 0.3 is 23.5 Å². The van der Waals surface area contributed by atoms with E-state index in [1.54, 1.807) is 0 Å². The molecule has 30 heteroatoms. The minimum absolute atomic E-state index is 0.0238. The second-order valence-electron chi connectivity index (χ2n) is 12.8. The number of nitrogens with two attached hydrogens (primary N) is 1. The molecule has 0 bridgehead atoms. The third kappa shape index (κ3) is 13.4. The zero-order chi connectivity index (χ0) is 43.2. The van der Waals surface area contributed by atoms with Crippen molar-refractivity contribution in [1.82, 2.24) is 30.2 Å². The highest BCUT2D eigenvalue weighted by Crippen LogP contribution is 2.61. The van der Waals surface area contributed by atoms with Gasteiger partial charge in [-0.05, 0) is 18.2 Å². The molecular formula is C28H38Cl2N7O17P3S. The molecule has 2 unspecified atom stereocenters. The molecule has 7 atom stereocenters. The summed E-state index contributed by atoms with van der Waals surface area (Å²) in [7, 11) is -16.4. The molecule has 2 amide bonds. The second-order valence-corrected chi connectivity index (χ2v) is 19.0. The summed E-state index contributed by atoms with van der Waals surface area (Å²) in [5.74, 6) is -1.33. The molecule has 1 saturated heterocycles. The third-order valence-corrected chi connectivity index (χ3v) is 12.4. The predicted molar refractivity (Wildman–Crippen MR) is 203 cm³/mol. The molecule has 2 aromatic heterocycles. The first-order valence-electron chi connectivity index (χ1n) is 16.4. The number of amides is 2. The summed E-state index contributed by atoms with van der Waals surface area (Å²) in [6.45, 7) is 0.297. The minimum Gasteiger partial charge on any atom is -0.386 e. The molecule has 3 heterocycles. The highest BCUT2D eigenvalue weighted by molar-refractivity contribution is 8.14. The van der Waals surface area contributed by atoms with Crippen LogP contribution in [0.1, 0.15) is 36.9 Å². The topological polar surface area (TPSA) is 364 Å². The van der Waals surface area contributed by atoms with E-state index in [2.05, 4.69) is 34.4 Å². The number of aromatic nitrogens is 4. The van der Waals surface area contributed by atoms with Crippen LogP contribution in [0.4, 0.5) is 5.82 Å². The van der Waals surface area contributed by atoms with E-state index in [0.717, 1.165) is 29.0 Å². The first-order valence-corrected chi connectivity index (χ1v) is 22.7. The van der Waals surface area contributed by atoms with E-state index in [0.29, 0.717) is 5.02 Å². The standard InChI is InChI=1S/C28H38Cl2N7O17P3S/c1-28(2,22(40)25(41)33-6-5-18(38)32-7-8-58-27(42)15-4-3-14(29)9-16(15)30)11-51-57(48,49)54-56(46,47)50-10-17-21(53-55(43,44)45)20(39)26(52-17)37-13-36-19-23(31)34-12-35-24(19)37/h3-4,9,12-13,17,20-22,26,39-40H,5-8,10-11H2,1-2H3,(H,32,38)(H,33,41)(H,46,47)(H,48,49)(H2,31,34,35)(H2,43,44,45)/t17-,20-,21-,22+,26-/m1/s1. The van der Waals surface area contributed by atoms with Gasteiger partial charge in [-0.15, -0.1) is 0 Å².